The SMILES string of the molecule is CCCCCCCCC(CCC[Si](OC)(OC)OC)C(C)(C)C(CC[Si](OC)(OC)OC)[N+](C)(CCCCCCCC)CCCCCCCC. The lowest BCUT2D eigenvalue weighted by atomic mass is 9.67. The molecule has 0 heterocycles. The molecule has 7 nitrogen and oxygen atoms in total. The van der Waals surface area contributed by atoms with Crippen LogP contribution in [-0.4, -0.2) is 90.9 Å². The molecule has 50 heavy (non-hydrogen) atoms. The molecule has 0 N–H and O–H groups in total. The third-order valence-electron chi connectivity index (χ3n) is 12.2. The summed E-state index contributed by atoms with van der Waals surface area (Å²) >= 11 is 0. The van der Waals surface area contributed by atoms with Crippen molar-refractivity contribution in [2.75, 3.05) is 62.8 Å². The van der Waals surface area contributed by atoms with Gasteiger partial charge in [0, 0.05) is 66.6 Å². The Balaban J connectivity index is 6.63. The molecule has 0 aliphatic heterocycles. The van der Waals surface area contributed by atoms with E-state index in [1.54, 1.807) is 42.7 Å². The maximum Gasteiger partial charge on any atom is 0.500 e. The van der Waals surface area contributed by atoms with Crippen molar-refractivity contribution in [1.29, 1.82) is 0 Å². The Hall–Kier alpha value is 0.154. The maximum atomic E-state index is 6.05. The molecule has 2 atom stereocenters. The third-order valence-corrected chi connectivity index (χ3v) is 17.8. The zero-order valence-corrected chi connectivity index (χ0v) is 37.9. The molecular weight excluding hydrogens is 659 g/mol. The van der Waals surface area contributed by atoms with Gasteiger partial charge in [-0.1, -0.05) is 125 Å². The van der Waals surface area contributed by atoms with Gasteiger partial charge in [-0.2, -0.15) is 0 Å². The van der Waals surface area contributed by atoms with Gasteiger partial charge in [-0.3, -0.25) is 0 Å². The number of nitrogens with zero attached hydrogens (tertiary/aromatic N) is 1. The van der Waals surface area contributed by atoms with Gasteiger partial charge in [0.15, 0.2) is 0 Å². The van der Waals surface area contributed by atoms with Gasteiger partial charge >= 0.3 is 17.6 Å². The quantitative estimate of drug-likeness (QED) is 0.0358. The molecule has 0 spiro atoms. The lowest BCUT2D eigenvalue weighted by Gasteiger charge is -2.52. The van der Waals surface area contributed by atoms with Crippen molar-refractivity contribution in [3.05, 3.63) is 0 Å². The number of hydrogen-bond donors (Lipinski definition) is 0. The van der Waals surface area contributed by atoms with Crippen LogP contribution in [0.15, 0.2) is 0 Å². The molecule has 0 fully saturated rings. The summed E-state index contributed by atoms with van der Waals surface area (Å²) in [5, 5.41) is 0. The Bertz CT molecular complexity index is 733. The van der Waals surface area contributed by atoms with Gasteiger partial charge in [-0.15, -0.1) is 0 Å². The molecule has 0 rings (SSSR count). The van der Waals surface area contributed by atoms with Gasteiger partial charge < -0.3 is 31.0 Å². The molecule has 0 aromatic rings. The van der Waals surface area contributed by atoms with Crippen molar-refractivity contribution in [1.82, 2.24) is 0 Å². The molecular formula is C41H90NO6Si2+. The number of rotatable bonds is 37. The standard InChI is InChI=1S/C41H90NO6Si2/c1-13-16-19-22-25-28-32-39(33-31-37-49(43-7,44-8)45-9)41(4,5)40(34-38-50(46-10,47-11)48-12)42(6,35-29-26-23-20-17-14-2)36-30-27-24-21-18-15-3/h39-40H,13-38H2,1-12H3/q+1. The van der Waals surface area contributed by atoms with Crippen LogP contribution in [0.2, 0.25) is 12.1 Å². The Morgan fingerprint density at radius 3 is 1.18 bits per heavy atom. The molecule has 302 valence electrons. The molecule has 0 aliphatic rings. The second kappa shape index (κ2) is 29.5. The Kier molecular flexibility index (Phi) is 29.6. The van der Waals surface area contributed by atoms with Crippen LogP contribution in [-0.2, 0) is 26.6 Å². The second-order valence-corrected chi connectivity index (χ2v) is 22.3. The first-order valence-electron chi connectivity index (χ1n) is 21.1. The monoisotopic (exact) mass is 749 g/mol. The van der Waals surface area contributed by atoms with Crippen molar-refractivity contribution in [2.45, 2.75) is 194 Å². The van der Waals surface area contributed by atoms with Gasteiger partial charge in [0.25, 0.3) is 0 Å². The Morgan fingerprint density at radius 1 is 0.440 bits per heavy atom. The first kappa shape index (κ1) is 50.2. The lowest BCUT2D eigenvalue weighted by molar-refractivity contribution is -0.941. The smallest absolute Gasteiger partial charge is 0.377 e. The van der Waals surface area contributed by atoms with E-state index in [1.807, 2.05) is 0 Å². The fraction of sp³-hybridized carbons (Fsp3) is 1.00. The van der Waals surface area contributed by atoms with Crippen LogP contribution in [0.3, 0.4) is 0 Å². The number of quaternary nitrogens is 1. The minimum Gasteiger partial charge on any atom is -0.377 e. The van der Waals surface area contributed by atoms with Crippen LogP contribution in [0.4, 0.5) is 0 Å². The minimum absolute atomic E-state index is 0.107. The average molecular weight is 749 g/mol. The van der Waals surface area contributed by atoms with E-state index >= 15 is 0 Å². The highest BCUT2D eigenvalue weighted by Crippen LogP contribution is 2.45. The predicted octanol–water partition coefficient (Wildman–Crippen LogP) is 11.8. The summed E-state index contributed by atoms with van der Waals surface area (Å²) in [6, 6.07) is 2.18. The zero-order valence-electron chi connectivity index (χ0n) is 35.9. The van der Waals surface area contributed by atoms with E-state index in [0.717, 1.165) is 29.4 Å². The first-order valence-corrected chi connectivity index (χ1v) is 25.0. The van der Waals surface area contributed by atoms with Crippen molar-refractivity contribution < 1.29 is 31.0 Å². The number of hydrogen-bond acceptors (Lipinski definition) is 6. The summed E-state index contributed by atoms with van der Waals surface area (Å²) < 4.78 is 36.9. The fourth-order valence-electron chi connectivity index (χ4n) is 8.74. The summed E-state index contributed by atoms with van der Waals surface area (Å²) in [7, 11) is 7.82. The molecule has 0 aliphatic carbocycles. The van der Waals surface area contributed by atoms with E-state index < -0.39 is 17.6 Å². The van der Waals surface area contributed by atoms with Gasteiger partial charge in [-0.05, 0) is 50.9 Å². The predicted molar refractivity (Wildman–Crippen MR) is 219 cm³/mol. The molecule has 0 saturated carbocycles. The first-order chi connectivity index (χ1) is 24.0. The Labute approximate surface area is 315 Å². The van der Waals surface area contributed by atoms with Gasteiger partial charge in [0.05, 0.1) is 26.2 Å². The normalized spacial score (nSPS) is 14.4. The minimum atomic E-state index is -2.74. The molecule has 0 saturated heterocycles. The highest BCUT2D eigenvalue weighted by atomic mass is 28.4. The second-order valence-electron chi connectivity index (χ2n) is 16.1. The van der Waals surface area contributed by atoms with Crippen LogP contribution >= 0.6 is 0 Å². The number of unbranched alkanes of at least 4 members (excludes halogenated alkanes) is 15. The van der Waals surface area contributed by atoms with Crippen molar-refractivity contribution >= 4 is 17.6 Å². The molecule has 2 unspecified atom stereocenters. The van der Waals surface area contributed by atoms with Crippen molar-refractivity contribution in [3.63, 3.8) is 0 Å². The fourth-order valence-corrected chi connectivity index (χ4v) is 12.2. The molecule has 0 radical (unpaired) electrons. The topological polar surface area (TPSA) is 55.4 Å². The van der Waals surface area contributed by atoms with E-state index in [1.165, 1.54) is 142 Å². The van der Waals surface area contributed by atoms with Gasteiger partial charge in [-0.25, -0.2) is 0 Å². The highest BCUT2D eigenvalue weighted by molar-refractivity contribution is 6.60. The van der Waals surface area contributed by atoms with Crippen molar-refractivity contribution in [2.24, 2.45) is 11.3 Å². The largest absolute Gasteiger partial charge is 0.500 e. The van der Waals surface area contributed by atoms with Gasteiger partial charge in [0.1, 0.15) is 0 Å². The summed E-state index contributed by atoms with van der Waals surface area (Å²) in [6.45, 7) is 14.6. The molecule has 9 heteroatoms. The van der Waals surface area contributed by atoms with E-state index in [2.05, 4.69) is 41.7 Å². The van der Waals surface area contributed by atoms with Crippen molar-refractivity contribution in [3.8, 4) is 0 Å². The summed E-state index contributed by atoms with van der Waals surface area (Å²) in [5.74, 6) is 0.589. The lowest BCUT2D eigenvalue weighted by Crippen LogP contribution is -2.61. The van der Waals surface area contributed by atoms with Crippen LogP contribution in [0.25, 0.3) is 0 Å². The molecule has 0 aromatic heterocycles. The highest BCUT2D eigenvalue weighted by Gasteiger charge is 2.50. The van der Waals surface area contributed by atoms with Crippen LogP contribution in [0, 0.1) is 11.3 Å². The Morgan fingerprint density at radius 2 is 0.780 bits per heavy atom. The van der Waals surface area contributed by atoms with Crippen LogP contribution < -0.4 is 0 Å². The van der Waals surface area contributed by atoms with Crippen LogP contribution in [0.1, 0.15) is 176 Å². The van der Waals surface area contributed by atoms with E-state index in [4.69, 9.17) is 26.6 Å². The molecule has 0 bridgehead atoms. The van der Waals surface area contributed by atoms with Crippen LogP contribution in [0.5, 0.6) is 0 Å². The van der Waals surface area contributed by atoms with E-state index in [0.29, 0.717) is 12.0 Å². The summed E-state index contributed by atoms with van der Waals surface area (Å²) in [4.78, 5) is 0. The summed E-state index contributed by atoms with van der Waals surface area (Å²) in [6.07, 6.45) is 28.6. The average Bonchev–Trinajstić information content (AvgIpc) is 3.12. The molecule has 0 amide bonds. The molecule has 0 aromatic carbocycles. The summed E-state index contributed by atoms with van der Waals surface area (Å²) in [5.41, 5.74) is 0.107. The van der Waals surface area contributed by atoms with E-state index in [9.17, 15) is 0 Å². The third kappa shape index (κ3) is 19.0. The maximum absolute atomic E-state index is 6.05. The zero-order chi connectivity index (χ0) is 37.8. The van der Waals surface area contributed by atoms with E-state index in [-0.39, 0.29) is 5.41 Å². The van der Waals surface area contributed by atoms with Gasteiger partial charge in [0.2, 0.25) is 0 Å².